The van der Waals surface area contributed by atoms with Crippen molar-refractivity contribution in [3.8, 4) is 0 Å². The molecule has 0 spiro atoms. The molecular formula is C13H24N2O2. The zero-order valence-electron chi connectivity index (χ0n) is 10.7. The highest BCUT2D eigenvalue weighted by Gasteiger charge is 2.23. The van der Waals surface area contributed by atoms with Crippen LogP contribution in [0.4, 0.5) is 0 Å². The summed E-state index contributed by atoms with van der Waals surface area (Å²) in [5.74, 6) is 0.171. The predicted molar refractivity (Wildman–Crippen MR) is 66.8 cm³/mol. The van der Waals surface area contributed by atoms with Gasteiger partial charge in [0.15, 0.2) is 0 Å². The van der Waals surface area contributed by atoms with Crippen LogP contribution in [0.5, 0.6) is 0 Å². The molecule has 2 aliphatic rings. The summed E-state index contributed by atoms with van der Waals surface area (Å²) < 4.78 is 5.48. The highest BCUT2D eigenvalue weighted by atomic mass is 16.5. The highest BCUT2D eigenvalue weighted by molar-refractivity contribution is 5.76. The number of hydrogen-bond acceptors (Lipinski definition) is 3. The third kappa shape index (κ3) is 3.96. The smallest absolute Gasteiger partial charge is 0.222 e. The first-order chi connectivity index (χ1) is 8.28. The number of ether oxygens (including phenoxy) is 1. The van der Waals surface area contributed by atoms with Gasteiger partial charge in [-0.05, 0) is 45.6 Å². The summed E-state index contributed by atoms with van der Waals surface area (Å²) in [7, 11) is 2.01. The number of rotatable bonds is 4. The Bertz CT molecular complexity index is 244. The summed E-state index contributed by atoms with van der Waals surface area (Å²) >= 11 is 0. The van der Waals surface area contributed by atoms with Crippen molar-refractivity contribution in [3.63, 3.8) is 0 Å². The molecule has 2 fully saturated rings. The average Bonchev–Trinajstić information content (AvgIpc) is 2.82. The van der Waals surface area contributed by atoms with Gasteiger partial charge in [-0.25, -0.2) is 0 Å². The summed E-state index contributed by atoms with van der Waals surface area (Å²) in [5, 5.41) is 6.45. The van der Waals surface area contributed by atoms with Gasteiger partial charge in [0, 0.05) is 18.7 Å². The highest BCUT2D eigenvalue weighted by Crippen LogP contribution is 2.19. The van der Waals surface area contributed by atoms with E-state index < -0.39 is 0 Å². The lowest BCUT2D eigenvalue weighted by molar-refractivity contribution is -0.124. The van der Waals surface area contributed by atoms with Crippen molar-refractivity contribution in [2.75, 3.05) is 13.7 Å². The Morgan fingerprint density at radius 1 is 1.18 bits per heavy atom. The minimum absolute atomic E-state index is 0.170. The second-order valence-electron chi connectivity index (χ2n) is 5.24. The van der Waals surface area contributed by atoms with Crippen LogP contribution in [-0.4, -0.2) is 37.7 Å². The molecule has 0 aromatic carbocycles. The van der Waals surface area contributed by atoms with Crippen LogP contribution >= 0.6 is 0 Å². The van der Waals surface area contributed by atoms with Gasteiger partial charge in [-0.3, -0.25) is 4.79 Å². The second-order valence-corrected chi connectivity index (χ2v) is 5.24. The maximum absolute atomic E-state index is 11.8. The lowest BCUT2D eigenvalue weighted by Crippen LogP contribution is -2.42. The fourth-order valence-electron chi connectivity index (χ4n) is 2.83. The van der Waals surface area contributed by atoms with Gasteiger partial charge < -0.3 is 15.4 Å². The molecule has 1 amide bonds. The quantitative estimate of drug-likeness (QED) is 0.776. The summed E-state index contributed by atoms with van der Waals surface area (Å²) in [6.07, 6.45) is 7.40. The number of nitrogens with one attached hydrogen (secondary N) is 2. The standard InChI is InChI=1S/C13H24N2O2/c1-14-10-4-6-11(7-5-10)15-13(16)9-12-3-2-8-17-12/h10-12,14H,2-9H2,1H3,(H,15,16). The lowest BCUT2D eigenvalue weighted by atomic mass is 9.91. The molecule has 98 valence electrons. The fraction of sp³-hybridized carbons (Fsp3) is 0.923. The van der Waals surface area contributed by atoms with Crippen molar-refractivity contribution in [1.29, 1.82) is 0 Å². The molecule has 4 nitrogen and oxygen atoms in total. The summed E-state index contributed by atoms with van der Waals surface area (Å²) in [5.41, 5.74) is 0. The van der Waals surface area contributed by atoms with Gasteiger partial charge in [0.1, 0.15) is 0 Å². The minimum atomic E-state index is 0.170. The van der Waals surface area contributed by atoms with Crippen LogP contribution in [0.3, 0.4) is 0 Å². The molecule has 1 aliphatic heterocycles. The molecule has 0 aromatic heterocycles. The predicted octanol–water partition coefficient (Wildman–Crippen LogP) is 1.20. The third-order valence-corrected chi connectivity index (χ3v) is 3.94. The van der Waals surface area contributed by atoms with E-state index in [1.54, 1.807) is 0 Å². The largest absolute Gasteiger partial charge is 0.378 e. The molecule has 2 rings (SSSR count). The molecule has 1 saturated heterocycles. The van der Waals surface area contributed by atoms with E-state index in [9.17, 15) is 4.79 Å². The molecule has 0 bridgehead atoms. The van der Waals surface area contributed by atoms with Gasteiger partial charge in [-0.2, -0.15) is 0 Å². The number of carbonyl (C=O) groups is 1. The molecule has 0 aromatic rings. The zero-order chi connectivity index (χ0) is 12.1. The van der Waals surface area contributed by atoms with Gasteiger partial charge in [-0.15, -0.1) is 0 Å². The second kappa shape index (κ2) is 6.36. The zero-order valence-corrected chi connectivity index (χ0v) is 10.7. The van der Waals surface area contributed by atoms with E-state index in [2.05, 4.69) is 10.6 Å². The molecule has 1 aliphatic carbocycles. The molecule has 17 heavy (non-hydrogen) atoms. The maximum atomic E-state index is 11.8. The van der Waals surface area contributed by atoms with Crippen LogP contribution < -0.4 is 10.6 Å². The molecule has 4 heteroatoms. The Labute approximate surface area is 103 Å². The van der Waals surface area contributed by atoms with Crippen molar-refractivity contribution in [2.45, 2.75) is 63.1 Å². The number of amides is 1. The van der Waals surface area contributed by atoms with Crippen LogP contribution in [0.25, 0.3) is 0 Å². The van der Waals surface area contributed by atoms with E-state index in [4.69, 9.17) is 4.74 Å². The molecule has 0 radical (unpaired) electrons. The van der Waals surface area contributed by atoms with Crippen LogP contribution in [0.1, 0.15) is 44.9 Å². The average molecular weight is 240 g/mol. The van der Waals surface area contributed by atoms with Gasteiger partial charge in [0.05, 0.1) is 12.5 Å². The monoisotopic (exact) mass is 240 g/mol. The Morgan fingerprint density at radius 2 is 1.88 bits per heavy atom. The SMILES string of the molecule is CNC1CCC(NC(=O)CC2CCCO2)CC1. The summed E-state index contributed by atoms with van der Waals surface area (Å²) in [6, 6.07) is 1.02. The van der Waals surface area contributed by atoms with E-state index in [-0.39, 0.29) is 12.0 Å². The van der Waals surface area contributed by atoms with Gasteiger partial charge in [0.25, 0.3) is 0 Å². The normalized spacial score (nSPS) is 33.6. The fourth-order valence-corrected chi connectivity index (χ4v) is 2.83. The third-order valence-electron chi connectivity index (χ3n) is 3.94. The Balaban J connectivity index is 1.65. The van der Waals surface area contributed by atoms with Crippen molar-refractivity contribution < 1.29 is 9.53 Å². The summed E-state index contributed by atoms with van der Waals surface area (Å²) in [4.78, 5) is 11.8. The van der Waals surface area contributed by atoms with E-state index in [1.807, 2.05) is 7.05 Å². The van der Waals surface area contributed by atoms with Gasteiger partial charge in [0.2, 0.25) is 5.91 Å². The van der Waals surface area contributed by atoms with E-state index in [0.717, 1.165) is 32.3 Å². The Hall–Kier alpha value is -0.610. The summed E-state index contributed by atoms with van der Waals surface area (Å²) in [6.45, 7) is 0.825. The van der Waals surface area contributed by atoms with Crippen LogP contribution in [0.15, 0.2) is 0 Å². The lowest BCUT2D eigenvalue weighted by Gasteiger charge is -2.29. The Morgan fingerprint density at radius 3 is 2.47 bits per heavy atom. The van der Waals surface area contributed by atoms with E-state index >= 15 is 0 Å². The van der Waals surface area contributed by atoms with Crippen molar-refractivity contribution in [3.05, 3.63) is 0 Å². The first-order valence-electron chi connectivity index (χ1n) is 6.86. The van der Waals surface area contributed by atoms with Gasteiger partial charge >= 0.3 is 0 Å². The topological polar surface area (TPSA) is 50.4 Å². The molecule has 1 atom stereocenters. The Kier molecular flexibility index (Phi) is 4.80. The van der Waals surface area contributed by atoms with E-state index in [0.29, 0.717) is 18.5 Å². The van der Waals surface area contributed by atoms with Crippen molar-refractivity contribution >= 4 is 5.91 Å². The number of carbonyl (C=O) groups excluding carboxylic acids is 1. The van der Waals surface area contributed by atoms with Crippen LogP contribution in [-0.2, 0) is 9.53 Å². The molecule has 1 heterocycles. The van der Waals surface area contributed by atoms with Crippen molar-refractivity contribution in [1.82, 2.24) is 10.6 Å². The minimum Gasteiger partial charge on any atom is -0.378 e. The first kappa shape index (κ1) is 12.8. The molecule has 2 N–H and O–H groups in total. The number of hydrogen-bond donors (Lipinski definition) is 2. The molecular weight excluding hydrogens is 216 g/mol. The van der Waals surface area contributed by atoms with Crippen LogP contribution in [0.2, 0.25) is 0 Å². The van der Waals surface area contributed by atoms with E-state index in [1.165, 1.54) is 12.8 Å². The van der Waals surface area contributed by atoms with Crippen LogP contribution in [0, 0.1) is 0 Å². The first-order valence-corrected chi connectivity index (χ1v) is 6.86. The van der Waals surface area contributed by atoms with Gasteiger partial charge in [-0.1, -0.05) is 0 Å². The molecule has 1 unspecified atom stereocenters. The van der Waals surface area contributed by atoms with Crippen molar-refractivity contribution in [2.24, 2.45) is 0 Å². The molecule has 1 saturated carbocycles. The maximum Gasteiger partial charge on any atom is 0.222 e.